The summed E-state index contributed by atoms with van der Waals surface area (Å²) in [6.07, 6.45) is -0.542. The Morgan fingerprint density at radius 2 is 1.80 bits per heavy atom. The summed E-state index contributed by atoms with van der Waals surface area (Å²) >= 11 is 3.96. The predicted octanol–water partition coefficient (Wildman–Crippen LogP) is 2.19. The molecule has 1 aromatic rings. The van der Waals surface area contributed by atoms with Gasteiger partial charge in [-0.15, -0.1) is 0 Å². The molecule has 0 unspecified atom stereocenters. The first-order valence-corrected chi connectivity index (χ1v) is 9.09. The summed E-state index contributed by atoms with van der Waals surface area (Å²) < 4.78 is 6.10. The van der Waals surface area contributed by atoms with E-state index < -0.39 is 6.17 Å². The number of carbonyl (C=O) groups is 2. The molecule has 2 N–H and O–H groups in total. The number of amides is 2. The molecule has 2 amide bonds. The zero-order chi connectivity index (χ0) is 15.0. The highest BCUT2D eigenvalue weighted by atomic mass is 127. The van der Waals surface area contributed by atoms with Gasteiger partial charge in [-0.25, -0.2) is 0 Å². The van der Waals surface area contributed by atoms with Crippen LogP contribution < -0.4 is 15.4 Å². The fraction of sp³-hybridized carbons (Fsp3) is 0.385. The van der Waals surface area contributed by atoms with Gasteiger partial charge in [0.1, 0.15) is 11.9 Å². The zero-order valence-electron chi connectivity index (χ0n) is 11.0. The summed E-state index contributed by atoms with van der Waals surface area (Å²) in [7, 11) is 0. The summed E-state index contributed by atoms with van der Waals surface area (Å²) in [4.78, 5) is 23.1. The maximum Gasteiger partial charge on any atom is 0.231 e. The van der Waals surface area contributed by atoms with Gasteiger partial charge in [0, 0.05) is 0 Å². The number of hydrogen-bond donors (Lipinski definition) is 2. The summed E-state index contributed by atoms with van der Waals surface area (Å²) in [6.45, 7) is 2.47. The Hall–Kier alpha value is -0.580. The summed E-state index contributed by atoms with van der Waals surface area (Å²) in [6, 6.07) is 7.33. The second-order valence-corrected chi connectivity index (χ2v) is 5.37. The third-order valence-electron chi connectivity index (χ3n) is 2.36. The minimum Gasteiger partial charge on any atom is -0.494 e. The molecule has 0 heterocycles. The molecule has 0 aliphatic rings. The van der Waals surface area contributed by atoms with Gasteiger partial charge in [0.05, 0.1) is 15.5 Å². The molecule has 0 spiro atoms. The minimum absolute atomic E-state index is 0.133. The van der Waals surface area contributed by atoms with E-state index in [9.17, 15) is 9.59 Å². The number of ether oxygens (including phenoxy) is 1. The SMILES string of the molecule is CCOc1cccc(C(NC(=O)CI)NC(=O)CI)c1. The molecule has 1 aromatic carbocycles. The average Bonchev–Trinajstić information content (AvgIpc) is 2.46. The molecule has 0 atom stereocenters. The molecule has 0 bridgehead atoms. The van der Waals surface area contributed by atoms with Crippen LogP contribution in [0.25, 0.3) is 0 Å². The largest absolute Gasteiger partial charge is 0.494 e. The number of nitrogens with one attached hydrogen (secondary N) is 2. The van der Waals surface area contributed by atoms with Gasteiger partial charge in [0.2, 0.25) is 11.8 Å². The Morgan fingerprint density at radius 3 is 2.30 bits per heavy atom. The highest BCUT2D eigenvalue weighted by Gasteiger charge is 2.16. The zero-order valence-corrected chi connectivity index (χ0v) is 15.3. The lowest BCUT2D eigenvalue weighted by Crippen LogP contribution is -2.41. The van der Waals surface area contributed by atoms with Crippen LogP contribution in [0.2, 0.25) is 0 Å². The Morgan fingerprint density at radius 1 is 1.20 bits per heavy atom. The molecule has 0 saturated heterocycles. The van der Waals surface area contributed by atoms with Gasteiger partial charge in [-0.2, -0.15) is 0 Å². The maximum absolute atomic E-state index is 11.6. The van der Waals surface area contributed by atoms with Crippen molar-refractivity contribution in [1.82, 2.24) is 10.6 Å². The van der Waals surface area contributed by atoms with Crippen LogP contribution in [0.1, 0.15) is 18.7 Å². The van der Waals surface area contributed by atoms with Crippen LogP contribution in [0.5, 0.6) is 5.75 Å². The first-order chi connectivity index (χ1) is 9.60. The van der Waals surface area contributed by atoms with Crippen LogP contribution in [0.3, 0.4) is 0 Å². The highest BCUT2D eigenvalue weighted by Crippen LogP contribution is 2.18. The summed E-state index contributed by atoms with van der Waals surface area (Å²) in [5.74, 6) is 0.444. The van der Waals surface area contributed by atoms with Gasteiger partial charge in [0.25, 0.3) is 0 Å². The first-order valence-electron chi connectivity index (χ1n) is 6.04. The van der Waals surface area contributed by atoms with Crippen LogP contribution in [-0.4, -0.2) is 27.3 Å². The first kappa shape index (κ1) is 17.5. The van der Waals surface area contributed by atoms with Gasteiger partial charge < -0.3 is 15.4 Å². The summed E-state index contributed by atoms with van der Waals surface area (Å²) in [5.41, 5.74) is 0.785. The number of carbonyl (C=O) groups excluding carboxylic acids is 2. The van der Waals surface area contributed by atoms with E-state index >= 15 is 0 Å². The van der Waals surface area contributed by atoms with Crippen molar-refractivity contribution in [2.75, 3.05) is 15.5 Å². The third kappa shape index (κ3) is 5.81. The normalized spacial score (nSPS) is 10.2. The number of rotatable bonds is 7. The molecule has 0 saturated carbocycles. The van der Waals surface area contributed by atoms with Crippen LogP contribution >= 0.6 is 45.2 Å². The van der Waals surface area contributed by atoms with Crippen molar-refractivity contribution in [1.29, 1.82) is 0 Å². The molecular formula is C13H16I2N2O3. The Balaban J connectivity index is 2.92. The van der Waals surface area contributed by atoms with Crippen molar-refractivity contribution in [3.05, 3.63) is 29.8 Å². The second-order valence-electron chi connectivity index (χ2n) is 3.84. The third-order valence-corrected chi connectivity index (χ3v) is 3.74. The van der Waals surface area contributed by atoms with E-state index in [1.807, 2.05) is 76.4 Å². The monoisotopic (exact) mass is 502 g/mol. The molecule has 7 heteroatoms. The van der Waals surface area contributed by atoms with E-state index in [-0.39, 0.29) is 11.8 Å². The maximum atomic E-state index is 11.6. The fourth-order valence-corrected chi connectivity index (χ4v) is 1.99. The van der Waals surface area contributed by atoms with Crippen molar-refractivity contribution in [2.24, 2.45) is 0 Å². The Kier molecular flexibility index (Phi) is 8.19. The molecule has 0 aliphatic carbocycles. The van der Waals surface area contributed by atoms with Crippen molar-refractivity contribution in [3.8, 4) is 5.75 Å². The van der Waals surface area contributed by atoms with Crippen LogP contribution in [0.4, 0.5) is 0 Å². The van der Waals surface area contributed by atoms with Crippen molar-refractivity contribution < 1.29 is 14.3 Å². The highest BCUT2D eigenvalue weighted by molar-refractivity contribution is 14.1. The molecule has 5 nitrogen and oxygen atoms in total. The van der Waals surface area contributed by atoms with Crippen LogP contribution in [0, 0.1) is 0 Å². The van der Waals surface area contributed by atoms with Crippen molar-refractivity contribution in [2.45, 2.75) is 13.1 Å². The topological polar surface area (TPSA) is 67.4 Å². The lowest BCUT2D eigenvalue weighted by molar-refractivity contribution is -0.121. The number of halogens is 2. The van der Waals surface area contributed by atoms with E-state index in [4.69, 9.17) is 4.74 Å². The molecule has 0 radical (unpaired) electrons. The number of hydrogen-bond acceptors (Lipinski definition) is 3. The van der Waals surface area contributed by atoms with E-state index in [2.05, 4.69) is 10.6 Å². The second kappa shape index (κ2) is 9.37. The Bertz CT molecular complexity index is 451. The minimum atomic E-state index is -0.542. The lowest BCUT2D eigenvalue weighted by Gasteiger charge is -2.20. The fourth-order valence-electron chi connectivity index (χ4n) is 1.55. The Labute approximate surface area is 145 Å². The van der Waals surface area contributed by atoms with Gasteiger partial charge in [-0.3, -0.25) is 9.59 Å². The molecule has 110 valence electrons. The van der Waals surface area contributed by atoms with Crippen molar-refractivity contribution >= 4 is 57.0 Å². The van der Waals surface area contributed by atoms with Gasteiger partial charge in [-0.1, -0.05) is 57.3 Å². The number of benzene rings is 1. The van der Waals surface area contributed by atoms with Crippen molar-refractivity contribution in [3.63, 3.8) is 0 Å². The van der Waals surface area contributed by atoms with E-state index in [1.165, 1.54) is 0 Å². The standard InChI is InChI=1S/C13H16I2N2O3/c1-2-20-10-5-3-4-9(6-10)13(16-11(18)7-14)17-12(19)8-15/h3-6,13H,2,7-8H2,1H3,(H,16,18)(H,17,19). The van der Waals surface area contributed by atoms with E-state index in [0.29, 0.717) is 21.2 Å². The van der Waals surface area contributed by atoms with Gasteiger partial charge >= 0.3 is 0 Å². The van der Waals surface area contributed by atoms with E-state index in [0.717, 1.165) is 5.56 Å². The van der Waals surface area contributed by atoms with Gasteiger partial charge in [-0.05, 0) is 24.6 Å². The van der Waals surface area contributed by atoms with E-state index in [1.54, 1.807) is 0 Å². The lowest BCUT2D eigenvalue weighted by atomic mass is 10.1. The molecule has 0 fully saturated rings. The van der Waals surface area contributed by atoms with Crippen LogP contribution in [-0.2, 0) is 9.59 Å². The molecule has 20 heavy (non-hydrogen) atoms. The average molecular weight is 502 g/mol. The van der Waals surface area contributed by atoms with Gasteiger partial charge in [0.15, 0.2) is 0 Å². The quantitative estimate of drug-likeness (QED) is 0.342. The summed E-state index contributed by atoms with van der Waals surface area (Å²) in [5, 5.41) is 5.56. The predicted molar refractivity (Wildman–Crippen MR) is 94.4 cm³/mol. The molecule has 1 rings (SSSR count). The van der Waals surface area contributed by atoms with Crippen LogP contribution in [0.15, 0.2) is 24.3 Å². The smallest absolute Gasteiger partial charge is 0.231 e. The molecule has 0 aliphatic heterocycles. The number of alkyl halides is 2. The molecular weight excluding hydrogens is 486 g/mol. The molecule has 0 aromatic heterocycles.